The topological polar surface area (TPSA) is 0 Å². The Kier molecular flexibility index (Phi) is 3.25. The van der Waals surface area contributed by atoms with Crippen LogP contribution in [0.15, 0.2) is 23.3 Å². The molecule has 1 rings (SSSR count). The van der Waals surface area contributed by atoms with E-state index < -0.39 is 0 Å². The summed E-state index contributed by atoms with van der Waals surface area (Å²) in [5.74, 6) is 1.25. The molecule has 68 valence electrons. The number of rotatable bonds is 2. The Morgan fingerprint density at radius 2 is 2.17 bits per heavy atom. The first-order valence-electron chi connectivity index (χ1n) is 4.10. The average Bonchev–Trinajstić information content (AvgIpc) is 2.03. The Balaban J connectivity index is 2.87. The summed E-state index contributed by atoms with van der Waals surface area (Å²) < 4.78 is 0. The van der Waals surface area contributed by atoms with Gasteiger partial charge in [-0.1, -0.05) is 24.6 Å². The molecule has 0 radical (unpaired) electrons. The van der Waals surface area contributed by atoms with E-state index in [1.165, 1.54) is 11.1 Å². The summed E-state index contributed by atoms with van der Waals surface area (Å²) >= 11 is 11.7. The van der Waals surface area contributed by atoms with Crippen molar-refractivity contribution in [3.8, 4) is 0 Å². The number of alkyl halides is 2. The van der Waals surface area contributed by atoms with Gasteiger partial charge in [0.1, 0.15) is 0 Å². The zero-order valence-corrected chi connectivity index (χ0v) is 9.04. The van der Waals surface area contributed by atoms with Crippen LogP contribution in [0.25, 0.3) is 0 Å². The summed E-state index contributed by atoms with van der Waals surface area (Å²) in [6.07, 6.45) is 5.40. The Morgan fingerprint density at radius 3 is 2.67 bits per heavy atom. The first-order valence-corrected chi connectivity index (χ1v) is 5.17. The van der Waals surface area contributed by atoms with Gasteiger partial charge in [0.15, 0.2) is 0 Å². The van der Waals surface area contributed by atoms with Crippen LogP contribution >= 0.6 is 23.2 Å². The van der Waals surface area contributed by atoms with Crippen molar-refractivity contribution in [3.63, 3.8) is 0 Å². The van der Waals surface area contributed by atoms with Crippen molar-refractivity contribution >= 4 is 23.2 Å². The van der Waals surface area contributed by atoms with E-state index in [-0.39, 0.29) is 5.41 Å². The van der Waals surface area contributed by atoms with Crippen LogP contribution in [0.1, 0.15) is 20.3 Å². The summed E-state index contributed by atoms with van der Waals surface area (Å²) in [6, 6.07) is 0. The van der Waals surface area contributed by atoms with E-state index in [4.69, 9.17) is 23.2 Å². The minimum absolute atomic E-state index is 0.116. The summed E-state index contributed by atoms with van der Waals surface area (Å²) in [7, 11) is 0. The standard InChI is InChI=1S/C10H14Cl2/c1-8-3-9(6-11)5-10(2,4-8)7-12/h3,5H,4,6-7H2,1-2H3. The van der Waals surface area contributed by atoms with Crippen LogP contribution < -0.4 is 0 Å². The van der Waals surface area contributed by atoms with Gasteiger partial charge in [0.05, 0.1) is 0 Å². The first-order chi connectivity index (χ1) is 5.59. The maximum Gasteiger partial charge on any atom is 0.0471 e. The van der Waals surface area contributed by atoms with Crippen molar-refractivity contribution in [3.05, 3.63) is 23.3 Å². The van der Waals surface area contributed by atoms with Gasteiger partial charge in [-0.25, -0.2) is 0 Å². The molecule has 0 saturated heterocycles. The molecule has 0 amide bonds. The normalized spacial score (nSPS) is 29.7. The molecule has 1 unspecified atom stereocenters. The lowest BCUT2D eigenvalue weighted by molar-refractivity contribution is 0.473. The predicted octanol–water partition coefficient (Wildman–Crippen LogP) is 3.75. The van der Waals surface area contributed by atoms with Crippen LogP contribution in [0.5, 0.6) is 0 Å². The van der Waals surface area contributed by atoms with E-state index in [9.17, 15) is 0 Å². The molecule has 0 N–H and O–H groups in total. The molecule has 12 heavy (non-hydrogen) atoms. The molecule has 1 aliphatic rings. The minimum atomic E-state index is 0.116. The van der Waals surface area contributed by atoms with E-state index in [0.717, 1.165) is 6.42 Å². The molecule has 1 aliphatic carbocycles. The monoisotopic (exact) mass is 204 g/mol. The summed E-state index contributed by atoms with van der Waals surface area (Å²) in [5.41, 5.74) is 2.69. The Morgan fingerprint density at radius 1 is 1.50 bits per heavy atom. The third kappa shape index (κ3) is 2.27. The van der Waals surface area contributed by atoms with Crippen LogP contribution in [0.2, 0.25) is 0 Å². The first kappa shape index (κ1) is 10.1. The van der Waals surface area contributed by atoms with Gasteiger partial charge in [0, 0.05) is 17.2 Å². The van der Waals surface area contributed by atoms with Gasteiger partial charge in [0.25, 0.3) is 0 Å². The summed E-state index contributed by atoms with van der Waals surface area (Å²) in [6.45, 7) is 4.30. The minimum Gasteiger partial charge on any atom is -0.126 e. The van der Waals surface area contributed by atoms with Gasteiger partial charge in [0.2, 0.25) is 0 Å². The second-order valence-electron chi connectivity index (χ2n) is 3.81. The fraction of sp³-hybridized carbons (Fsp3) is 0.600. The van der Waals surface area contributed by atoms with Gasteiger partial charge >= 0.3 is 0 Å². The average molecular weight is 205 g/mol. The van der Waals surface area contributed by atoms with Crippen molar-refractivity contribution in [2.75, 3.05) is 11.8 Å². The van der Waals surface area contributed by atoms with Crippen molar-refractivity contribution in [2.45, 2.75) is 20.3 Å². The van der Waals surface area contributed by atoms with Crippen LogP contribution in [0, 0.1) is 5.41 Å². The molecule has 2 heteroatoms. The van der Waals surface area contributed by atoms with Crippen molar-refractivity contribution in [2.24, 2.45) is 5.41 Å². The lowest BCUT2D eigenvalue weighted by atomic mass is 9.80. The molecular formula is C10H14Cl2. The number of allylic oxidation sites excluding steroid dienone is 4. The molecule has 0 fully saturated rings. The molecule has 0 bridgehead atoms. The van der Waals surface area contributed by atoms with Gasteiger partial charge < -0.3 is 0 Å². The SMILES string of the molecule is CC1=CC(CCl)=CC(C)(CCl)C1. The highest BCUT2D eigenvalue weighted by atomic mass is 35.5. The Labute approximate surface area is 84.2 Å². The highest BCUT2D eigenvalue weighted by Gasteiger charge is 2.24. The van der Waals surface area contributed by atoms with Crippen LogP contribution in [-0.4, -0.2) is 11.8 Å². The van der Waals surface area contributed by atoms with E-state index in [1.54, 1.807) is 0 Å². The van der Waals surface area contributed by atoms with Crippen LogP contribution in [-0.2, 0) is 0 Å². The lowest BCUT2D eigenvalue weighted by Gasteiger charge is -2.28. The van der Waals surface area contributed by atoms with E-state index in [0.29, 0.717) is 11.8 Å². The predicted molar refractivity (Wildman–Crippen MR) is 56.0 cm³/mol. The summed E-state index contributed by atoms with van der Waals surface area (Å²) in [4.78, 5) is 0. The molecule has 0 aliphatic heterocycles. The number of hydrogen-bond acceptors (Lipinski definition) is 0. The van der Waals surface area contributed by atoms with Crippen molar-refractivity contribution in [1.29, 1.82) is 0 Å². The summed E-state index contributed by atoms with van der Waals surface area (Å²) in [5, 5.41) is 0. The van der Waals surface area contributed by atoms with Gasteiger partial charge in [-0.2, -0.15) is 0 Å². The molecule has 0 spiro atoms. The van der Waals surface area contributed by atoms with Crippen molar-refractivity contribution < 1.29 is 0 Å². The molecule has 0 saturated carbocycles. The Hall–Kier alpha value is 0.0600. The molecular weight excluding hydrogens is 191 g/mol. The zero-order valence-electron chi connectivity index (χ0n) is 7.53. The van der Waals surface area contributed by atoms with E-state index in [1.807, 2.05) is 0 Å². The van der Waals surface area contributed by atoms with E-state index in [2.05, 4.69) is 26.0 Å². The number of hydrogen-bond donors (Lipinski definition) is 0. The van der Waals surface area contributed by atoms with Crippen LogP contribution in [0.3, 0.4) is 0 Å². The smallest absolute Gasteiger partial charge is 0.0471 e. The maximum absolute atomic E-state index is 5.89. The van der Waals surface area contributed by atoms with Gasteiger partial charge in [-0.15, -0.1) is 23.2 Å². The number of halogens is 2. The Bertz CT molecular complexity index is 228. The van der Waals surface area contributed by atoms with Crippen LogP contribution in [0.4, 0.5) is 0 Å². The highest BCUT2D eigenvalue weighted by molar-refractivity contribution is 6.20. The fourth-order valence-electron chi connectivity index (χ4n) is 1.71. The lowest BCUT2D eigenvalue weighted by Crippen LogP contribution is -2.19. The molecule has 0 aromatic heterocycles. The molecule has 0 aromatic carbocycles. The largest absolute Gasteiger partial charge is 0.126 e. The molecule has 1 atom stereocenters. The third-order valence-electron chi connectivity index (χ3n) is 2.11. The third-order valence-corrected chi connectivity index (χ3v) is 3.03. The quantitative estimate of drug-likeness (QED) is 0.602. The van der Waals surface area contributed by atoms with E-state index >= 15 is 0 Å². The molecule has 0 aromatic rings. The van der Waals surface area contributed by atoms with Gasteiger partial charge in [-0.05, 0) is 18.9 Å². The zero-order chi connectivity index (χ0) is 9.19. The maximum atomic E-state index is 5.89. The fourth-order valence-corrected chi connectivity index (χ4v) is 2.03. The molecule has 0 heterocycles. The van der Waals surface area contributed by atoms with Crippen molar-refractivity contribution in [1.82, 2.24) is 0 Å². The van der Waals surface area contributed by atoms with Gasteiger partial charge in [-0.3, -0.25) is 0 Å². The second-order valence-corrected chi connectivity index (χ2v) is 4.34. The molecule has 0 nitrogen and oxygen atoms in total. The highest BCUT2D eigenvalue weighted by Crippen LogP contribution is 2.34. The second kappa shape index (κ2) is 3.85.